The second kappa shape index (κ2) is 5.52. The average Bonchev–Trinajstić information content (AvgIpc) is 2.60. The van der Waals surface area contributed by atoms with Crippen molar-refractivity contribution in [1.29, 1.82) is 0 Å². The summed E-state index contributed by atoms with van der Waals surface area (Å²) in [5.74, 6) is -0.772. The number of likely N-dealkylation sites (N-methyl/N-ethyl adjacent to an activating group) is 1. The van der Waals surface area contributed by atoms with Crippen LogP contribution in [0, 0.1) is 0 Å². The minimum atomic E-state index is -1.95. The van der Waals surface area contributed by atoms with Crippen molar-refractivity contribution in [3.63, 3.8) is 0 Å². The van der Waals surface area contributed by atoms with Crippen molar-refractivity contribution in [2.45, 2.75) is 12.5 Å². The Labute approximate surface area is 134 Å². The van der Waals surface area contributed by atoms with Gasteiger partial charge >= 0.3 is 0 Å². The largest absolute Gasteiger partial charge is 0.496 e. The third-order valence-corrected chi connectivity index (χ3v) is 4.15. The second-order valence-corrected chi connectivity index (χ2v) is 5.31. The first-order chi connectivity index (χ1) is 11.1. The molecule has 1 unspecified atom stereocenters. The summed E-state index contributed by atoms with van der Waals surface area (Å²) in [5, 5.41) is 11.4. The summed E-state index contributed by atoms with van der Waals surface area (Å²) in [5.41, 5.74) is -1.07. The number of nitrogens with zero attached hydrogens (tertiary/aromatic N) is 1. The van der Waals surface area contributed by atoms with Gasteiger partial charge in [-0.2, -0.15) is 0 Å². The fourth-order valence-electron chi connectivity index (χ4n) is 3.03. The Bertz CT molecular complexity index is 772. The van der Waals surface area contributed by atoms with E-state index in [0.717, 1.165) is 4.90 Å². The van der Waals surface area contributed by atoms with Crippen molar-refractivity contribution in [3.8, 4) is 5.75 Å². The molecule has 0 bridgehead atoms. The Morgan fingerprint density at radius 3 is 2.39 bits per heavy atom. The van der Waals surface area contributed by atoms with Crippen LogP contribution in [0.15, 0.2) is 48.5 Å². The topological polar surface area (TPSA) is 66.8 Å². The van der Waals surface area contributed by atoms with E-state index in [2.05, 4.69) is 0 Å². The van der Waals surface area contributed by atoms with Gasteiger partial charge in [0.1, 0.15) is 5.75 Å². The van der Waals surface area contributed by atoms with Crippen LogP contribution in [0.25, 0.3) is 0 Å². The predicted octanol–water partition coefficient (Wildman–Crippen LogP) is 1.93. The Morgan fingerprint density at radius 1 is 1.09 bits per heavy atom. The lowest BCUT2D eigenvalue weighted by Crippen LogP contribution is -2.55. The van der Waals surface area contributed by atoms with Crippen LogP contribution in [-0.4, -0.2) is 35.5 Å². The fraction of sp³-hybridized carbons (Fsp3) is 0.222. The number of carbonyl (C=O) groups excluding carboxylic acids is 2. The lowest BCUT2D eigenvalue weighted by atomic mass is 9.78. The highest BCUT2D eigenvalue weighted by Crippen LogP contribution is 2.43. The summed E-state index contributed by atoms with van der Waals surface area (Å²) >= 11 is 0. The molecule has 1 heterocycles. The average molecular weight is 311 g/mol. The van der Waals surface area contributed by atoms with Crippen molar-refractivity contribution in [3.05, 3.63) is 65.2 Å². The molecule has 118 valence electrons. The van der Waals surface area contributed by atoms with Crippen molar-refractivity contribution in [2.24, 2.45) is 0 Å². The molecule has 0 fully saturated rings. The number of aliphatic hydroxyl groups is 1. The molecule has 0 aromatic heterocycles. The van der Waals surface area contributed by atoms with E-state index in [1.165, 1.54) is 7.11 Å². The highest BCUT2D eigenvalue weighted by atomic mass is 16.5. The summed E-state index contributed by atoms with van der Waals surface area (Å²) in [4.78, 5) is 26.6. The molecule has 2 aromatic rings. The summed E-state index contributed by atoms with van der Waals surface area (Å²) in [6.45, 7) is 1.88. The van der Waals surface area contributed by atoms with Crippen molar-refractivity contribution < 1.29 is 19.4 Å². The smallest absolute Gasteiger partial charge is 0.271 e. The lowest BCUT2D eigenvalue weighted by molar-refractivity contribution is -0.146. The van der Waals surface area contributed by atoms with Crippen LogP contribution in [0.3, 0.4) is 0 Å². The van der Waals surface area contributed by atoms with Crippen molar-refractivity contribution >= 4 is 11.8 Å². The zero-order valence-electron chi connectivity index (χ0n) is 12.9. The quantitative estimate of drug-likeness (QED) is 0.880. The van der Waals surface area contributed by atoms with E-state index in [1.54, 1.807) is 55.5 Å². The van der Waals surface area contributed by atoms with Crippen LogP contribution in [0.4, 0.5) is 0 Å². The van der Waals surface area contributed by atoms with Gasteiger partial charge in [0.05, 0.1) is 18.2 Å². The predicted molar refractivity (Wildman–Crippen MR) is 84.2 cm³/mol. The highest BCUT2D eigenvalue weighted by molar-refractivity contribution is 6.14. The number of fused-ring (bicyclic) bond motifs is 1. The first kappa shape index (κ1) is 15.2. The Hall–Kier alpha value is -2.66. The molecule has 1 aliphatic heterocycles. The fourth-order valence-corrected chi connectivity index (χ4v) is 3.03. The lowest BCUT2D eigenvalue weighted by Gasteiger charge is -2.38. The Balaban J connectivity index is 2.37. The molecule has 2 aromatic carbocycles. The zero-order valence-corrected chi connectivity index (χ0v) is 12.9. The van der Waals surface area contributed by atoms with Gasteiger partial charge in [0.2, 0.25) is 0 Å². The number of hydrogen-bond donors (Lipinski definition) is 1. The normalized spacial score (nSPS) is 20.4. The van der Waals surface area contributed by atoms with E-state index in [-0.39, 0.29) is 17.7 Å². The third-order valence-electron chi connectivity index (χ3n) is 4.15. The number of benzene rings is 2. The molecule has 2 amide bonds. The van der Waals surface area contributed by atoms with Crippen LogP contribution in [0.1, 0.15) is 28.4 Å². The molecule has 0 saturated heterocycles. The van der Waals surface area contributed by atoms with Gasteiger partial charge in [-0.25, -0.2) is 0 Å². The maximum atomic E-state index is 12.9. The van der Waals surface area contributed by atoms with Crippen LogP contribution in [0.2, 0.25) is 0 Å². The Morgan fingerprint density at radius 2 is 1.78 bits per heavy atom. The summed E-state index contributed by atoms with van der Waals surface area (Å²) < 4.78 is 5.31. The van der Waals surface area contributed by atoms with Crippen LogP contribution in [0.5, 0.6) is 5.75 Å². The van der Waals surface area contributed by atoms with E-state index in [1.807, 2.05) is 0 Å². The van der Waals surface area contributed by atoms with Gasteiger partial charge in [-0.15, -0.1) is 0 Å². The molecule has 5 nitrogen and oxygen atoms in total. The molecular formula is C18H17NO4. The van der Waals surface area contributed by atoms with Gasteiger partial charge in [0.25, 0.3) is 11.8 Å². The zero-order chi connectivity index (χ0) is 16.6. The second-order valence-electron chi connectivity index (χ2n) is 5.31. The molecular weight excluding hydrogens is 294 g/mol. The molecule has 23 heavy (non-hydrogen) atoms. The van der Waals surface area contributed by atoms with Gasteiger partial charge < -0.3 is 9.84 Å². The van der Waals surface area contributed by atoms with Gasteiger partial charge in [-0.1, -0.05) is 36.4 Å². The number of imide groups is 1. The minimum Gasteiger partial charge on any atom is -0.496 e. The van der Waals surface area contributed by atoms with Gasteiger partial charge in [0.15, 0.2) is 5.60 Å². The molecule has 0 aliphatic carbocycles. The minimum absolute atomic E-state index is 0.184. The first-order valence-electron chi connectivity index (χ1n) is 7.37. The number of methoxy groups -OCH3 is 1. The molecule has 5 heteroatoms. The number of ether oxygens (including phenoxy) is 1. The SMILES string of the molecule is CCN1C(=O)c2cccc(OC)c2C(O)(c2ccccc2)C1=O. The summed E-state index contributed by atoms with van der Waals surface area (Å²) in [6, 6.07) is 13.5. The maximum absolute atomic E-state index is 12.9. The first-order valence-corrected chi connectivity index (χ1v) is 7.37. The molecule has 1 N–H and O–H groups in total. The van der Waals surface area contributed by atoms with Crippen LogP contribution < -0.4 is 4.74 Å². The van der Waals surface area contributed by atoms with Crippen LogP contribution >= 0.6 is 0 Å². The molecule has 0 saturated carbocycles. The Kier molecular flexibility index (Phi) is 3.66. The monoisotopic (exact) mass is 311 g/mol. The molecule has 0 radical (unpaired) electrons. The van der Waals surface area contributed by atoms with Crippen LogP contribution in [-0.2, 0) is 10.4 Å². The van der Waals surface area contributed by atoms with Gasteiger partial charge in [-0.05, 0) is 24.6 Å². The number of amides is 2. The third kappa shape index (κ3) is 2.04. The van der Waals surface area contributed by atoms with E-state index in [9.17, 15) is 14.7 Å². The highest BCUT2D eigenvalue weighted by Gasteiger charge is 2.52. The van der Waals surface area contributed by atoms with E-state index < -0.39 is 17.4 Å². The number of hydrogen-bond acceptors (Lipinski definition) is 4. The molecule has 0 spiro atoms. The summed E-state index contributed by atoms with van der Waals surface area (Å²) in [6.07, 6.45) is 0. The van der Waals surface area contributed by atoms with E-state index in [4.69, 9.17) is 4.74 Å². The standard InChI is InChI=1S/C18H17NO4/c1-3-19-16(20)13-10-7-11-14(23-2)15(13)18(22,17(19)21)12-8-5-4-6-9-12/h4-11,22H,3H2,1-2H3. The van der Waals surface area contributed by atoms with Crippen molar-refractivity contribution in [2.75, 3.05) is 13.7 Å². The summed E-state index contributed by atoms with van der Waals surface area (Å²) in [7, 11) is 1.45. The number of rotatable bonds is 3. The molecule has 1 aliphatic rings. The van der Waals surface area contributed by atoms with E-state index >= 15 is 0 Å². The van der Waals surface area contributed by atoms with Gasteiger partial charge in [0, 0.05) is 6.54 Å². The van der Waals surface area contributed by atoms with E-state index in [0.29, 0.717) is 11.3 Å². The van der Waals surface area contributed by atoms with Crippen molar-refractivity contribution in [1.82, 2.24) is 4.90 Å². The number of carbonyl (C=O) groups is 2. The maximum Gasteiger partial charge on any atom is 0.271 e. The molecule has 3 rings (SSSR count). The molecule has 1 atom stereocenters. The van der Waals surface area contributed by atoms with Gasteiger partial charge in [-0.3, -0.25) is 14.5 Å².